The van der Waals surface area contributed by atoms with Crippen LogP contribution in [-0.2, 0) is 0 Å². The molecule has 0 saturated carbocycles. The molecule has 0 fully saturated rings. The summed E-state index contributed by atoms with van der Waals surface area (Å²) in [6.45, 7) is 0. The smallest absolute Gasteiger partial charge is 0.439 e. The van der Waals surface area contributed by atoms with Crippen molar-refractivity contribution in [1.82, 2.24) is 10.1 Å². The Morgan fingerprint density at radius 2 is 1.81 bits per heavy atom. The second-order valence-corrected chi connectivity index (χ2v) is 3.04. The van der Waals surface area contributed by atoms with Gasteiger partial charge in [-0.25, -0.2) is 4.79 Å². The summed E-state index contributed by atoms with van der Waals surface area (Å²) in [5.74, 6) is 0.954. The molecule has 1 heterocycles. The van der Waals surface area contributed by atoms with Crippen LogP contribution in [0, 0.1) is 0 Å². The Kier molecular flexibility index (Phi) is 2.63. The van der Waals surface area contributed by atoms with E-state index in [0.29, 0.717) is 22.9 Å². The SMILES string of the molecule is COc1cc(OC)cc(-c2noc(=O)[nH]2)c1. The summed E-state index contributed by atoms with van der Waals surface area (Å²) in [6, 6.07) is 5.16. The molecule has 6 nitrogen and oxygen atoms in total. The van der Waals surface area contributed by atoms with Gasteiger partial charge in [0.05, 0.1) is 14.2 Å². The van der Waals surface area contributed by atoms with Crippen LogP contribution in [-0.4, -0.2) is 24.4 Å². The number of hydrogen-bond acceptors (Lipinski definition) is 5. The number of aromatic amines is 1. The topological polar surface area (TPSA) is 77.3 Å². The minimum absolute atomic E-state index is 0.335. The van der Waals surface area contributed by atoms with Gasteiger partial charge in [-0.1, -0.05) is 5.16 Å². The average Bonchev–Trinajstić information content (AvgIpc) is 2.75. The number of ether oxygens (including phenoxy) is 2. The predicted octanol–water partition coefficient (Wildman–Crippen LogP) is 1.05. The number of H-pyrrole nitrogens is 1. The third-order valence-electron chi connectivity index (χ3n) is 2.07. The number of aromatic nitrogens is 2. The molecule has 1 aromatic carbocycles. The van der Waals surface area contributed by atoms with Crippen molar-refractivity contribution < 1.29 is 14.0 Å². The third-order valence-corrected chi connectivity index (χ3v) is 2.07. The van der Waals surface area contributed by atoms with Crippen molar-refractivity contribution in [3.63, 3.8) is 0 Å². The van der Waals surface area contributed by atoms with Gasteiger partial charge < -0.3 is 9.47 Å². The molecule has 2 aromatic rings. The monoisotopic (exact) mass is 222 g/mol. The van der Waals surface area contributed by atoms with Gasteiger partial charge in [-0.15, -0.1) is 0 Å². The fraction of sp³-hybridized carbons (Fsp3) is 0.200. The molecule has 0 atom stereocenters. The highest BCUT2D eigenvalue weighted by atomic mass is 16.5. The van der Waals surface area contributed by atoms with E-state index in [4.69, 9.17) is 9.47 Å². The summed E-state index contributed by atoms with van der Waals surface area (Å²) >= 11 is 0. The van der Waals surface area contributed by atoms with Crippen LogP contribution in [0.15, 0.2) is 27.5 Å². The molecule has 84 valence electrons. The first-order valence-corrected chi connectivity index (χ1v) is 4.52. The van der Waals surface area contributed by atoms with E-state index in [-0.39, 0.29) is 0 Å². The number of benzene rings is 1. The van der Waals surface area contributed by atoms with E-state index >= 15 is 0 Å². The molecule has 0 spiro atoms. The predicted molar refractivity (Wildman–Crippen MR) is 55.7 cm³/mol. The number of nitrogens with one attached hydrogen (secondary N) is 1. The van der Waals surface area contributed by atoms with Gasteiger partial charge in [0.2, 0.25) is 0 Å². The number of methoxy groups -OCH3 is 2. The lowest BCUT2D eigenvalue weighted by Crippen LogP contribution is -1.95. The highest BCUT2D eigenvalue weighted by molar-refractivity contribution is 5.60. The second-order valence-electron chi connectivity index (χ2n) is 3.04. The standard InChI is InChI=1S/C10H10N2O4/c1-14-7-3-6(4-8(5-7)15-2)9-11-10(13)16-12-9/h3-5H,1-2H3,(H,11,12,13). The first-order chi connectivity index (χ1) is 7.72. The first kappa shape index (κ1) is 10.3. The van der Waals surface area contributed by atoms with E-state index < -0.39 is 5.76 Å². The average molecular weight is 222 g/mol. The van der Waals surface area contributed by atoms with E-state index in [2.05, 4.69) is 14.7 Å². The zero-order valence-corrected chi connectivity index (χ0v) is 8.81. The van der Waals surface area contributed by atoms with Crippen molar-refractivity contribution in [2.24, 2.45) is 0 Å². The van der Waals surface area contributed by atoms with Gasteiger partial charge >= 0.3 is 5.76 Å². The van der Waals surface area contributed by atoms with Crippen molar-refractivity contribution in [3.05, 3.63) is 28.7 Å². The highest BCUT2D eigenvalue weighted by Gasteiger charge is 2.08. The molecular weight excluding hydrogens is 212 g/mol. The Labute approximate surface area is 90.8 Å². The van der Waals surface area contributed by atoms with Gasteiger partial charge in [-0.2, -0.15) is 0 Å². The lowest BCUT2D eigenvalue weighted by atomic mass is 10.2. The van der Waals surface area contributed by atoms with Gasteiger partial charge in [-0.05, 0) is 12.1 Å². The zero-order valence-electron chi connectivity index (χ0n) is 8.81. The van der Waals surface area contributed by atoms with Crippen LogP contribution in [0.4, 0.5) is 0 Å². The number of rotatable bonds is 3. The van der Waals surface area contributed by atoms with E-state index in [1.165, 1.54) is 0 Å². The lowest BCUT2D eigenvalue weighted by molar-refractivity contribution is 0.387. The van der Waals surface area contributed by atoms with Crippen LogP contribution in [0.5, 0.6) is 11.5 Å². The van der Waals surface area contributed by atoms with E-state index in [9.17, 15) is 4.79 Å². The molecule has 0 unspecified atom stereocenters. The Morgan fingerprint density at radius 3 is 2.25 bits per heavy atom. The maximum Gasteiger partial charge on any atom is 0.439 e. The van der Waals surface area contributed by atoms with Crippen molar-refractivity contribution in [3.8, 4) is 22.9 Å². The Hall–Kier alpha value is -2.24. The molecule has 1 N–H and O–H groups in total. The van der Waals surface area contributed by atoms with Gasteiger partial charge in [0.1, 0.15) is 11.5 Å². The summed E-state index contributed by atoms with van der Waals surface area (Å²) in [6.07, 6.45) is 0. The molecule has 0 aliphatic carbocycles. The molecule has 2 rings (SSSR count). The fourth-order valence-electron chi connectivity index (χ4n) is 1.30. The van der Waals surface area contributed by atoms with Crippen LogP contribution in [0.3, 0.4) is 0 Å². The first-order valence-electron chi connectivity index (χ1n) is 4.52. The van der Waals surface area contributed by atoms with Crippen molar-refractivity contribution in [1.29, 1.82) is 0 Å². The zero-order chi connectivity index (χ0) is 11.5. The third kappa shape index (κ3) is 1.90. The highest BCUT2D eigenvalue weighted by Crippen LogP contribution is 2.27. The molecule has 16 heavy (non-hydrogen) atoms. The summed E-state index contributed by atoms with van der Waals surface area (Å²) in [4.78, 5) is 13.3. The quantitative estimate of drug-likeness (QED) is 0.839. The molecule has 0 amide bonds. The van der Waals surface area contributed by atoms with Gasteiger partial charge in [0.25, 0.3) is 0 Å². The largest absolute Gasteiger partial charge is 0.497 e. The number of hydrogen-bond donors (Lipinski definition) is 1. The Bertz CT molecular complexity index is 521. The maximum atomic E-state index is 10.8. The molecule has 1 aromatic heterocycles. The Balaban J connectivity index is 2.51. The molecule has 0 saturated heterocycles. The summed E-state index contributed by atoms with van der Waals surface area (Å²) in [5, 5.41) is 3.58. The molecule has 6 heteroatoms. The van der Waals surface area contributed by atoms with Crippen LogP contribution in [0.2, 0.25) is 0 Å². The summed E-state index contributed by atoms with van der Waals surface area (Å²) in [5.41, 5.74) is 0.655. The Morgan fingerprint density at radius 1 is 1.19 bits per heavy atom. The maximum absolute atomic E-state index is 10.8. The lowest BCUT2D eigenvalue weighted by Gasteiger charge is -2.05. The van der Waals surface area contributed by atoms with Gasteiger partial charge in [0, 0.05) is 11.6 Å². The van der Waals surface area contributed by atoms with Crippen LogP contribution < -0.4 is 15.2 Å². The van der Waals surface area contributed by atoms with Gasteiger partial charge in [-0.3, -0.25) is 9.51 Å². The molecular formula is C10H10N2O4. The van der Waals surface area contributed by atoms with E-state index in [0.717, 1.165) is 0 Å². The summed E-state index contributed by atoms with van der Waals surface area (Å²) < 4.78 is 14.6. The van der Waals surface area contributed by atoms with E-state index in [1.807, 2.05) is 0 Å². The normalized spacial score (nSPS) is 10.1. The molecule has 0 aliphatic heterocycles. The van der Waals surface area contributed by atoms with E-state index in [1.54, 1.807) is 32.4 Å². The second kappa shape index (κ2) is 4.09. The molecule has 0 radical (unpaired) electrons. The molecule has 0 aliphatic rings. The number of nitrogens with zero attached hydrogens (tertiary/aromatic N) is 1. The minimum Gasteiger partial charge on any atom is -0.497 e. The van der Waals surface area contributed by atoms with Crippen molar-refractivity contribution in [2.45, 2.75) is 0 Å². The fourth-order valence-corrected chi connectivity index (χ4v) is 1.30. The van der Waals surface area contributed by atoms with Gasteiger partial charge in [0.15, 0.2) is 5.82 Å². The van der Waals surface area contributed by atoms with Crippen LogP contribution in [0.25, 0.3) is 11.4 Å². The van der Waals surface area contributed by atoms with Crippen LogP contribution >= 0.6 is 0 Å². The van der Waals surface area contributed by atoms with Crippen molar-refractivity contribution >= 4 is 0 Å². The molecule has 0 bridgehead atoms. The van der Waals surface area contributed by atoms with Crippen LogP contribution in [0.1, 0.15) is 0 Å². The minimum atomic E-state index is -0.600. The summed E-state index contributed by atoms with van der Waals surface area (Å²) in [7, 11) is 3.09. The van der Waals surface area contributed by atoms with Crippen molar-refractivity contribution in [2.75, 3.05) is 14.2 Å².